The van der Waals surface area contributed by atoms with Gasteiger partial charge in [-0.1, -0.05) is 0 Å². The Morgan fingerprint density at radius 1 is 1.31 bits per heavy atom. The Bertz CT molecular complexity index is 344. The van der Waals surface area contributed by atoms with E-state index in [9.17, 15) is 17.5 Å². The maximum Gasteiger partial charge on any atom is 1.00 e. The average molecular weight is 214 g/mol. The van der Waals surface area contributed by atoms with Gasteiger partial charge in [-0.25, -0.2) is 8.78 Å². The van der Waals surface area contributed by atoms with Gasteiger partial charge < -0.3 is 4.55 Å². The van der Waals surface area contributed by atoms with E-state index in [1.807, 2.05) is 0 Å². The van der Waals surface area contributed by atoms with E-state index in [4.69, 9.17) is 0 Å². The van der Waals surface area contributed by atoms with Crippen LogP contribution in [0.3, 0.4) is 0 Å². The van der Waals surface area contributed by atoms with Crippen LogP contribution in [-0.2, 0) is 11.1 Å². The van der Waals surface area contributed by atoms with Crippen LogP contribution in [0.25, 0.3) is 0 Å². The average Bonchev–Trinajstić information content (AvgIpc) is 1.96. The molecule has 66 valence electrons. The minimum atomic E-state index is -2.65. The van der Waals surface area contributed by atoms with Crippen molar-refractivity contribution in [2.24, 2.45) is 0 Å². The Morgan fingerprint density at radius 3 is 2.31 bits per heavy atom. The van der Waals surface area contributed by atoms with Crippen molar-refractivity contribution >= 4 is 11.1 Å². The molecule has 0 radical (unpaired) electrons. The first kappa shape index (κ1) is 13.2. The SMILES string of the molecule is Cc1cc(S(=O)[O-])c(F)cc1F.[Na+]. The number of hydrogen-bond donors (Lipinski definition) is 0. The topological polar surface area (TPSA) is 40.1 Å². The summed E-state index contributed by atoms with van der Waals surface area (Å²) in [5.41, 5.74) is 0.107. The molecule has 0 bridgehead atoms. The molecule has 1 aromatic carbocycles. The van der Waals surface area contributed by atoms with E-state index in [1.165, 1.54) is 6.92 Å². The fraction of sp³-hybridized carbons (Fsp3) is 0.143. The second kappa shape index (κ2) is 5.17. The summed E-state index contributed by atoms with van der Waals surface area (Å²) in [4.78, 5) is -0.506. The molecule has 0 saturated carbocycles. The van der Waals surface area contributed by atoms with E-state index in [0.717, 1.165) is 6.07 Å². The maximum absolute atomic E-state index is 12.6. The quantitative estimate of drug-likeness (QED) is 0.422. The molecule has 0 aliphatic heterocycles. The molecular weight excluding hydrogens is 209 g/mol. The van der Waals surface area contributed by atoms with Gasteiger partial charge >= 0.3 is 29.6 Å². The first-order valence-electron chi connectivity index (χ1n) is 3.07. The third kappa shape index (κ3) is 3.11. The number of hydrogen-bond acceptors (Lipinski definition) is 2. The van der Waals surface area contributed by atoms with Gasteiger partial charge in [0.05, 0.1) is 4.90 Å². The predicted octanol–water partition coefficient (Wildman–Crippen LogP) is -1.48. The van der Waals surface area contributed by atoms with Crippen LogP contribution in [0.4, 0.5) is 8.78 Å². The number of halogens is 2. The van der Waals surface area contributed by atoms with Crippen LogP contribution in [0.2, 0.25) is 0 Å². The third-order valence-electron chi connectivity index (χ3n) is 1.39. The van der Waals surface area contributed by atoms with Gasteiger partial charge in [-0.05, 0) is 29.6 Å². The summed E-state index contributed by atoms with van der Waals surface area (Å²) in [6, 6.07) is 1.51. The van der Waals surface area contributed by atoms with Gasteiger partial charge in [0, 0.05) is 6.07 Å². The molecule has 1 unspecified atom stereocenters. The van der Waals surface area contributed by atoms with E-state index in [0.29, 0.717) is 6.07 Å². The molecule has 0 aromatic heterocycles. The van der Waals surface area contributed by atoms with Crippen LogP contribution in [0.5, 0.6) is 0 Å². The van der Waals surface area contributed by atoms with E-state index < -0.39 is 27.6 Å². The maximum atomic E-state index is 12.6. The Kier molecular flexibility index (Phi) is 5.24. The van der Waals surface area contributed by atoms with Gasteiger partial charge in [-0.15, -0.1) is 0 Å². The van der Waals surface area contributed by atoms with Gasteiger partial charge in [0.25, 0.3) is 0 Å². The van der Waals surface area contributed by atoms with Crippen LogP contribution < -0.4 is 29.6 Å². The van der Waals surface area contributed by atoms with Crippen LogP contribution in [-0.4, -0.2) is 8.76 Å². The van der Waals surface area contributed by atoms with Crippen molar-refractivity contribution in [1.82, 2.24) is 0 Å². The summed E-state index contributed by atoms with van der Waals surface area (Å²) >= 11 is -2.65. The van der Waals surface area contributed by atoms with Gasteiger partial charge in [0.15, 0.2) is 0 Å². The third-order valence-corrected chi connectivity index (χ3v) is 2.06. The molecule has 0 fully saturated rings. The smallest absolute Gasteiger partial charge is 0.768 e. The minimum Gasteiger partial charge on any atom is -0.768 e. The number of aryl methyl sites for hydroxylation is 1. The van der Waals surface area contributed by atoms with Crippen molar-refractivity contribution < 1.29 is 47.1 Å². The largest absolute Gasteiger partial charge is 1.00 e. The first-order chi connectivity index (χ1) is 5.52. The van der Waals surface area contributed by atoms with E-state index in [-0.39, 0.29) is 35.1 Å². The van der Waals surface area contributed by atoms with Gasteiger partial charge in [0.1, 0.15) is 11.6 Å². The van der Waals surface area contributed by atoms with Crippen LogP contribution in [0.1, 0.15) is 5.56 Å². The van der Waals surface area contributed by atoms with E-state index in [1.54, 1.807) is 0 Å². The molecule has 2 nitrogen and oxygen atoms in total. The zero-order valence-electron chi connectivity index (χ0n) is 7.14. The molecule has 0 N–H and O–H groups in total. The van der Waals surface area contributed by atoms with E-state index in [2.05, 4.69) is 0 Å². The Labute approximate surface area is 98.9 Å². The molecule has 1 aromatic rings. The predicted molar refractivity (Wildman–Crippen MR) is 38.3 cm³/mol. The summed E-state index contributed by atoms with van der Waals surface area (Å²) in [7, 11) is 0. The van der Waals surface area contributed by atoms with Crippen molar-refractivity contribution in [3.05, 3.63) is 29.3 Å². The first-order valence-corrected chi connectivity index (χ1v) is 4.15. The van der Waals surface area contributed by atoms with Crippen molar-refractivity contribution in [1.29, 1.82) is 0 Å². The summed E-state index contributed by atoms with van der Waals surface area (Å²) in [5.74, 6) is -1.81. The molecule has 0 heterocycles. The van der Waals surface area contributed by atoms with Gasteiger partial charge in [-0.2, -0.15) is 0 Å². The molecule has 0 saturated heterocycles. The summed E-state index contributed by atoms with van der Waals surface area (Å²) in [5, 5.41) is 0. The molecule has 0 spiro atoms. The number of rotatable bonds is 1. The standard InChI is InChI=1S/C7H6F2O2S.Na/c1-4-2-7(12(10)11)6(9)3-5(4)8;/h2-3H,1H3,(H,10,11);/q;+1/p-1. The van der Waals surface area contributed by atoms with Crippen molar-refractivity contribution in [3.63, 3.8) is 0 Å². The summed E-state index contributed by atoms with van der Waals surface area (Å²) < 4.78 is 45.9. The second-order valence-electron chi connectivity index (χ2n) is 2.27. The van der Waals surface area contributed by atoms with Crippen LogP contribution in [0, 0.1) is 18.6 Å². The second-order valence-corrected chi connectivity index (χ2v) is 3.18. The van der Waals surface area contributed by atoms with Crippen molar-refractivity contribution in [3.8, 4) is 0 Å². The normalized spacial score (nSPS) is 12.0. The summed E-state index contributed by atoms with van der Waals surface area (Å²) in [6.07, 6.45) is 0. The van der Waals surface area contributed by atoms with Crippen molar-refractivity contribution in [2.45, 2.75) is 11.8 Å². The molecular formula is C7H5F2NaO2S. The molecule has 0 aliphatic rings. The Hall–Kier alpha value is 0.190. The minimum absolute atomic E-state index is 0. The van der Waals surface area contributed by atoms with Gasteiger partial charge in [-0.3, -0.25) is 4.21 Å². The summed E-state index contributed by atoms with van der Waals surface area (Å²) in [6.45, 7) is 1.37. The van der Waals surface area contributed by atoms with Crippen LogP contribution in [0.15, 0.2) is 17.0 Å². The molecule has 1 rings (SSSR count). The molecule has 13 heavy (non-hydrogen) atoms. The monoisotopic (exact) mass is 214 g/mol. The number of benzene rings is 1. The molecule has 1 atom stereocenters. The molecule has 0 aliphatic carbocycles. The molecule has 6 heteroatoms. The fourth-order valence-corrected chi connectivity index (χ4v) is 1.25. The Balaban J connectivity index is 0.00000144. The molecule has 0 amide bonds. The van der Waals surface area contributed by atoms with Crippen molar-refractivity contribution in [2.75, 3.05) is 0 Å². The fourth-order valence-electron chi connectivity index (χ4n) is 0.758. The van der Waals surface area contributed by atoms with Gasteiger partial charge in [0.2, 0.25) is 0 Å². The zero-order valence-corrected chi connectivity index (χ0v) is 9.95. The van der Waals surface area contributed by atoms with Crippen LogP contribution >= 0.6 is 0 Å². The van der Waals surface area contributed by atoms with E-state index >= 15 is 0 Å². The zero-order chi connectivity index (χ0) is 9.30. The Morgan fingerprint density at radius 2 is 1.85 bits per heavy atom.